The normalized spacial score (nSPS) is 11.6. The molecule has 0 aliphatic carbocycles. The molecule has 0 saturated carbocycles. The van der Waals surface area contributed by atoms with Gasteiger partial charge in [0, 0.05) is 17.2 Å². The second-order valence-electron chi connectivity index (χ2n) is 5.38. The Kier molecular flexibility index (Phi) is 5.50. The number of rotatable bonds is 6. The van der Waals surface area contributed by atoms with Crippen LogP contribution in [0.3, 0.4) is 0 Å². The van der Waals surface area contributed by atoms with Gasteiger partial charge in [-0.2, -0.15) is 0 Å². The van der Waals surface area contributed by atoms with Crippen LogP contribution in [0.25, 0.3) is 6.08 Å². The molecule has 4 nitrogen and oxygen atoms in total. The Bertz CT molecular complexity index is 501. The quantitative estimate of drug-likeness (QED) is 0.784. The van der Waals surface area contributed by atoms with Crippen molar-refractivity contribution in [1.29, 1.82) is 0 Å². The van der Waals surface area contributed by atoms with Gasteiger partial charge in [0.25, 0.3) is 5.91 Å². The van der Waals surface area contributed by atoms with Crippen molar-refractivity contribution >= 4 is 18.0 Å². The van der Waals surface area contributed by atoms with E-state index in [4.69, 9.17) is 5.11 Å². The zero-order valence-corrected chi connectivity index (χ0v) is 12.1. The molecule has 0 unspecified atom stereocenters. The fraction of sp³-hybridized carbons (Fsp3) is 0.375. The molecule has 1 rings (SSSR count). The topological polar surface area (TPSA) is 66.4 Å². The minimum Gasteiger partial charge on any atom is -0.478 e. The van der Waals surface area contributed by atoms with E-state index in [9.17, 15) is 9.59 Å². The third-order valence-corrected chi connectivity index (χ3v) is 2.92. The molecule has 0 aliphatic heterocycles. The first-order chi connectivity index (χ1) is 9.34. The van der Waals surface area contributed by atoms with Crippen molar-refractivity contribution in [3.63, 3.8) is 0 Å². The highest BCUT2D eigenvalue weighted by atomic mass is 16.4. The van der Waals surface area contributed by atoms with E-state index in [2.05, 4.69) is 12.2 Å². The summed E-state index contributed by atoms with van der Waals surface area (Å²) in [5.74, 6) is -1.11. The fourth-order valence-electron chi connectivity index (χ4n) is 1.98. The summed E-state index contributed by atoms with van der Waals surface area (Å²) in [6.45, 7) is 6.08. The molecule has 2 N–H and O–H groups in total. The molecule has 0 spiro atoms. The molecule has 0 fully saturated rings. The van der Waals surface area contributed by atoms with Crippen LogP contribution >= 0.6 is 0 Å². The number of carboxylic acids is 1. The van der Waals surface area contributed by atoms with Gasteiger partial charge in [0.2, 0.25) is 0 Å². The van der Waals surface area contributed by atoms with Crippen LogP contribution in [-0.2, 0) is 4.79 Å². The first-order valence-electron chi connectivity index (χ1n) is 6.67. The minimum atomic E-state index is -0.992. The molecule has 0 saturated heterocycles. The lowest BCUT2D eigenvalue weighted by Crippen LogP contribution is -2.43. The smallest absolute Gasteiger partial charge is 0.328 e. The van der Waals surface area contributed by atoms with Crippen molar-refractivity contribution in [2.24, 2.45) is 0 Å². The molecule has 108 valence electrons. The van der Waals surface area contributed by atoms with E-state index in [0.29, 0.717) is 5.56 Å². The summed E-state index contributed by atoms with van der Waals surface area (Å²) in [5.41, 5.74) is 1.09. The van der Waals surface area contributed by atoms with Crippen LogP contribution in [-0.4, -0.2) is 22.5 Å². The fourth-order valence-corrected chi connectivity index (χ4v) is 1.98. The zero-order chi connectivity index (χ0) is 15.2. The van der Waals surface area contributed by atoms with Gasteiger partial charge in [-0.1, -0.05) is 25.5 Å². The summed E-state index contributed by atoms with van der Waals surface area (Å²) in [6.07, 6.45) is 4.48. The minimum absolute atomic E-state index is 0.114. The maximum absolute atomic E-state index is 12.1. The Balaban J connectivity index is 2.73. The van der Waals surface area contributed by atoms with E-state index in [1.807, 2.05) is 13.8 Å². The van der Waals surface area contributed by atoms with Gasteiger partial charge in [-0.25, -0.2) is 4.79 Å². The number of hydrogen-bond donors (Lipinski definition) is 2. The number of carboxylic acid groups (broad SMARTS) is 1. The number of nitrogens with one attached hydrogen (secondary N) is 1. The van der Waals surface area contributed by atoms with Crippen molar-refractivity contribution in [2.45, 2.75) is 39.2 Å². The molecule has 20 heavy (non-hydrogen) atoms. The largest absolute Gasteiger partial charge is 0.478 e. The molecule has 1 amide bonds. The van der Waals surface area contributed by atoms with Gasteiger partial charge in [-0.05, 0) is 44.0 Å². The summed E-state index contributed by atoms with van der Waals surface area (Å²) >= 11 is 0. The van der Waals surface area contributed by atoms with Crippen LogP contribution in [0, 0.1) is 0 Å². The van der Waals surface area contributed by atoms with Gasteiger partial charge in [0.1, 0.15) is 0 Å². The third kappa shape index (κ3) is 5.26. The summed E-state index contributed by atoms with van der Waals surface area (Å²) < 4.78 is 0. The molecular formula is C16H21NO3. The lowest BCUT2D eigenvalue weighted by Gasteiger charge is -2.25. The maximum atomic E-state index is 12.1. The monoisotopic (exact) mass is 275 g/mol. The molecule has 0 aromatic heterocycles. The summed E-state index contributed by atoms with van der Waals surface area (Å²) in [6, 6.07) is 6.83. The van der Waals surface area contributed by atoms with Crippen molar-refractivity contribution < 1.29 is 14.7 Å². The Hall–Kier alpha value is -2.10. The van der Waals surface area contributed by atoms with Crippen LogP contribution in [0.5, 0.6) is 0 Å². The molecule has 4 heteroatoms. The van der Waals surface area contributed by atoms with Crippen molar-refractivity contribution in [2.75, 3.05) is 0 Å². The molecule has 1 aromatic rings. The van der Waals surface area contributed by atoms with Crippen LogP contribution in [0.15, 0.2) is 30.3 Å². The van der Waals surface area contributed by atoms with Gasteiger partial charge in [0.05, 0.1) is 0 Å². The van der Waals surface area contributed by atoms with Crippen LogP contribution < -0.4 is 5.32 Å². The Morgan fingerprint density at radius 1 is 1.25 bits per heavy atom. The van der Waals surface area contributed by atoms with Crippen LogP contribution in [0.4, 0.5) is 0 Å². The second-order valence-corrected chi connectivity index (χ2v) is 5.38. The first-order valence-corrected chi connectivity index (χ1v) is 6.67. The molecule has 0 heterocycles. The predicted octanol–water partition coefficient (Wildman–Crippen LogP) is 3.09. The SMILES string of the molecule is CCCC(C)(C)NC(=O)c1ccc(/C=C/C(=O)O)cc1. The molecular weight excluding hydrogens is 254 g/mol. The molecule has 0 radical (unpaired) electrons. The summed E-state index contributed by atoms with van der Waals surface area (Å²) in [7, 11) is 0. The summed E-state index contributed by atoms with van der Waals surface area (Å²) in [5, 5.41) is 11.5. The van der Waals surface area contributed by atoms with Gasteiger partial charge < -0.3 is 10.4 Å². The second kappa shape index (κ2) is 6.89. The maximum Gasteiger partial charge on any atom is 0.328 e. The zero-order valence-electron chi connectivity index (χ0n) is 12.1. The average Bonchev–Trinajstić information content (AvgIpc) is 2.36. The number of aliphatic carboxylic acids is 1. The van der Waals surface area contributed by atoms with Gasteiger partial charge in [-0.3, -0.25) is 4.79 Å². The highest BCUT2D eigenvalue weighted by Gasteiger charge is 2.19. The van der Waals surface area contributed by atoms with E-state index in [-0.39, 0.29) is 11.4 Å². The summed E-state index contributed by atoms with van der Waals surface area (Å²) in [4.78, 5) is 22.5. The number of amides is 1. The molecule has 1 aromatic carbocycles. The molecule has 0 atom stereocenters. The number of benzene rings is 1. The van der Waals surface area contributed by atoms with E-state index in [0.717, 1.165) is 24.5 Å². The van der Waals surface area contributed by atoms with E-state index in [1.165, 1.54) is 6.08 Å². The molecule has 0 bridgehead atoms. The Morgan fingerprint density at radius 2 is 1.85 bits per heavy atom. The highest BCUT2D eigenvalue weighted by molar-refractivity contribution is 5.95. The lowest BCUT2D eigenvalue weighted by atomic mass is 9.98. The predicted molar refractivity (Wildman–Crippen MR) is 79.6 cm³/mol. The van der Waals surface area contributed by atoms with Crippen LogP contribution in [0.1, 0.15) is 49.5 Å². The van der Waals surface area contributed by atoms with E-state index < -0.39 is 5.97 Å². The Morgan fingerprint density at radius 3 is 2.35 bits per heavy atom. The Labute approximate surface area is 119 Å². The first kappa shape index (κ1) is 16.0. The average molecular weight is 275 g/mol. The number of carbonyl (C=O) groups is 2. The third-order valence-electron chi connectivity index (χ3n) is 2.92. The van der Waals surface area contributed by atoms with Crippen molar-refractivity contribution in [3.05, 3.63) is 41.5 Å². The van der Waals surface area contributed by atoms with E-state index in [1.54, 1.807) is 24.3 Å². The number of carbonyl (C=O) groups excluding carboxylic acids is 1. The standard InChI is InChI=1S/C16H21NO3/c1-4-11-16(2,3)17-15(20)13-8-5-12(6-9-13)7-10-14(18)19/h5-10H,4,11H2,1-3H3,(H,17,20)(H,18,19)/b10-7+. The van der Waals surface area contributed by atoms with Crippen LogP contribution in [0.2, 0.25) is 0 Å². The van der Waals surface area contributed by atoms with Gasteiger partial charge in [-0.15, -0.1) is 0 Å². The van der Waals surface area contributed by atoms with Crippen molar-refractivity contribution in [1.82, 2.24) is 5.32 Å². The molecule has 0 aliphatic rings. The lowest BCUT2D eigenvalue weighted by molar-refractivity contribution is -0.131. The van der Waals surface area contributed by atoms with Gasteiger partial charge in [0.15, 0.2) is 0 Å². The van der Waals surface area contributed by atoms with Gasteiger partial charge >= 0.3 is 5.97 Å². The number of hydrogen-bond acceptors (Lipinski definition) is 2. The van der Waals surface area contributed by atoms with E-state index >= 15 is 0 Å². The highest BCUT2D eigenvalue weighted by Crippen LogP contribution is 2.13. The van der Waals surface area contributed by atoms with Crippen molar-refractivity contribution in [3.8, 4) is 0 Å².